The molecule has 3 saturated heterocycles. The molecule has 5 aromatic rings. The average Bonchev–Trinajstić information content (AvgIpc) is 2.28. The van der Waals surface area contributed by atoms with E-state index in [0.717, 1.165) is 123 Å². The highest BCUT2D eigenvalue weighted by Gasteiger charge is 2.49. The number of nitrogens with zero attached hydrogens (tertiary/aromatic N) is 9. The highest BCUT2D eigenvalue weighted by molar-refractivity contribution is 7.14. The fraction of sp³-hybridized carbons (Fsp3) is 0.525. The Morgan fingerprint density at radius 2 is 1.39 bits per heavy atom. The lowest BCUT2D eigenvalue weighted by Gasteiger charge is -2.38. The van der Waals surface area contributed by atoms with E-state index in [0.29, 0.717) is 103 Å². The number of cyclic esters (lactones) is 1. The lowest BCUT2D eigenvalue weighted by molar-refractivity contribution is -0.119. The fourth-order valence-corrected chi connectivity index (χ4v) is 13.1. The highest BCUT2D eigenvalue weighted by atomic mass is 32.1. The largest absolute Gasteiger partial charge is 0.480 e. The lowest BCUT2D eigenvalue weighted by Crippen LogP contribution is -2.48. The Morgan fingerprint density at radius 1 is 0.762 bits per heavy atom. The summed E-state index contributed by atoms with van der Waals surface area (Å²) in [5.41, 5.74) is 19.7. The van der Waals surface area contributed by atoms with Crippen LogP contribution in [-0.2, 0) is 44.7 Å². The minimum absolute atomic E-state index is 0.0458. The number of likely N-dealkylation sites (tertiary alicyclic amines) is 1. The third-order valence-electron chi connectivity index (χ3n) is 17.6. The molecule has 25 heteroatoms. The molecular formula is C59H68N14O10S. The van der Waals surface area contributed by atoms with Gasteiger partial charge in [0.1, 0.15) is 58.9 Å². The van der Waals surface area contributed by atoms with Crippen molar-refractivity contribution in [3.05, 3.63) is 74.4 Å². The molecule has 84 heavy (non-hydrogen) atoms. The number of hydrogen-bond donors (Lipinski definition) is 5. The topological polar surface area (TPSA) is 310 Å². The van der Waals surface area contributed by atoms with Crippen LogP contribution in [0.15, 0.2) is 30.5 Å². The van der Waals surface area contributed by atoms with Gasteiger partial charge in [-0.25, -0.2) is 34.5 Å². The minimum Gasteiger partial charge on any atom is -0.480 e. The van der Waals surface area contributed by atoms with Crippen LogP contribution in [-0.4, -0.2) is 149 Å². The number of carbonyl (C=O) groups is 4. The summed E-state index contributed by atoms with van der Waals surface area (Å²) in [6, 6.07) is 9.18. The number of rotatable bonds is 16. The molecule has 5 aromatic heterocycles. The second-order valence-corrected chi connectivity index (χ2v) is 25.4. The first kappa shape index (κ1) is 55.4. The van der Waals surface area contributed by atoms with Crippen molar-refractivity contribution in [2.45, 2.75) is 114 Å². The number of aromatic nitrogens is 5. The molecule has 4 aliphatic carbocycles. The van der Waals surface area contributed by atoms with E-state index >= 15 is 0 Å². The number of pyridine rings is 4. The van der Waals surface area contributed by atoms with Crippen molar-refractivity contribution in [2.75, 3.05) is 92.7 Å². The standard InChI is InChI=1S/C30H35N7O5S.C29H33N7O5/c1-16-11-33-28(43-16)25-21-10-18(9-20(21)17(2)27(36-25)41-15-30(31)6-7-30)12-32-8-5-19-13-37(29(39)42-19)23-4-3-22-26(34-23)35-24(38)14-40-22;1-17-19-10-18(11-20(19)21(12-30)26(32-17)40-16-28(31)4-5-28)13-35-8-6-29(7-9-35)15-36(27(38)41-29)23-3-2-22-25(33-23)34-24(37)14-39-22/h3-4,11,18-19,32H,5-10,12-15,31H2,1-2H3,(H,34,35,38);2-3,18H,4-11,13-16,31H2,1H3,(H,33,34,37). The second kappa shape index (κ2) is 22.0. The fourth-order valence-electron chi connectivity index (χ4n) is 12.3. The van der Waals surface area contributed by atoms with Gasteiger partial charge in [-0.05, 0) is 150 Å². The van der Waals surface area contributed by atoms with E-state index in [1.807, 2.05) is 13.1 Å². The first-order chi connectivity index (χ1) is 40.5. The number of ether oxygens (including phenoxy) is 6. The number of nitrogens with one attached hydrogen (secondary N) is 3. The summed E-state index contributed by atoms with van der Waals surface area (Å²) in [5, 5.41) is 19.8. The van der Waals surface area contributed by atoms with Crippen molar-refractivity contribution in [3.63, 3.8) is 0 Å². The molecule has 0 aromatic carbocycles. The highest BCUT2D eigenvalue weighted by Crippen LogP contribution is 2.43. The van der Waals surface area contributed by atoms with Gasteiger partial charge in [-0.15, -0.1) is 11.3 Å². The van der Waals surface area contributed by atoms with E-state index in [4.69, 9.17) is 44.9 Å². The minimum atomic E-state index is -0.563. The molecule has 9 aliphatic rings. The zero-order chi connectivity index (χ0) is 58.1. The monoisotopic (exact) mass is 1160 g/mol. The molecule has 0 radical (unpaired) electrons. The Balaban J connectivity index is 0.000000157. The summed E-state index contributed by atoms with van der Waals surface area (Å²) in [6.07, 6.45) is 10.3. The molecule has 5 fully saturated rings. The first-order valence-corrected chi connectivity index (χ1v) is 29.8. The predicted octanol–water partition coefficient (Wildman–Crippen LogP) is 5.20. The van der Waals surface area contributed by atoms with Crippen LogP contribution in [0.5, 0.6) is 23.3 Å². The molecule has 1 spiro atoms. The van der Waals surface area contributed by atoms with Crippen molar-refractivity contribution >= 4 is 58.6 Å². The van der Waals surface area contributed by atoms with E-state index < -0.39 is 17.8 Å². The summed E-state index contributed by atoms with van der Waals surface area (Å²) in [5.74, 6) is 3.77. The van der Waals surface area contributed by atoms with Gasteiger partial charge in [0.15, 0.2) is 36.3 Å². The number of amides is 4. The van der Waals surface area contributed by atoms with Crippen LogP contribution in [0, 0.1) is 43.9 Å². The quantitative estimate of drug-likeness (QED) is 0.0793. The average molecular weight is 1170 g/mol. The number of fused-ring (bicyclic) bond motifs is 4. The molecule has 2 saturated carbocycles. The Kier molecular flexibility index (Phi) is 14.5. The van der Waals surface area contributed by atoms with Crippen LogP contribution in [0.1, 0.15) is 88.9 Å². The second-order valence-electron chi connectivity index (χ2n) is 24.2. The third-order valence-corrected chi connectivity index (χ3v) is 18.5. The molecule has 7 N–H and O–H groups in total. The van der Waals surface area contributed by atoms with E-state index in [1.54, 1.807) is 40.5 Å². The van der Waals surface area contributed by atoms with E-state index in [-0.39, 0.29) is 42.2 Å². The summed E-state index contributed by atoms with van der Waals surface area (Å²) >= 11 is 1.66. The molecule has 3 atom stereocenters. The summed E-state index contributed by atoms with van der Waals surface area (Å²) in [7, 11) is 0. The number of anilines is 4. The molecule has 0 bridgehead atoms. The van der Waals surface area contributed by atoms with Gasteiger partial charge in [-0.2, -0.15) is 5.26 Å². The van der Waals surface area contributed by atoms with E-state index in [9.17, 15) is 24.4 Å². The molecule has 14 rings (SSSR count). The molecule has 5 aliphatic heterocycles. The summed E-state index contributed by atoms with van der Waals surface area (Å²) in [4.78, 5) is 78.5. The maximum atomic E-state index is 12.9. The number of carbonyl (C=O) groups excluding carboxylic acids is 4. The maximum absolute atomic E-state index is 12.9. The van der Waals surface area contributed by atoms with E-state index in [2.05, 4.69) is 60.7 Å². The Bertz CT molecular complexity index is 3520. The van der Waals surface area contributed by atoms with Gasteiger partial charge in [0.05, 0.1) is 24.2 Å². The smallest absolute Gasteiger partial charge is 0.416 e. The zero-order valence-electron chi connectivity index (χ0n) is 47.3. The molecule has 4 amide bonds. The van der Waals surface area contributed by atoms with Crippen LogP contribution >= 0.6 is 11.3 Å². The Hall–Kier alpha value is -7.76. The van der Waals surface area contributed by atoms with Crippen molar-refractivity contribution in [3.8, 4) is 40.0 Å². The Labute approximate surface area is 489 Å². The van der Waals surface area contributed by atoms with Gasteiger partial charge in [0, 0.05) is 54.8 Å². The van der Waals surface area contributed by atoms with Gasteiger partial charge < -0.3 is 60.7 Å². The van der Waals surface area contributed by atoms with Crippen LogP contribution in [0.2, 0.25) is 0 Å². The molecule has 3 unspecified atom stereocenters. The third kappa shape index (κ3) is 11.5. The molecular weight excluding hydrogens is 1100 g/mol. The van der Waals surface area contributed by atoms with Gasteiger partial charge >= 0.3 is 12.2 Å². The number of aryl methyl sites for hydroxylation is 2. The van der Waals surface area contributed by atoms with Crippen LogP contribution in [0.25, 0.3) is 10.7 Å². The van der Waals surface area contributed by atoms with Crippen molar-refractivity contribution in [1.82, 2.24) is 35.1 Å². The van der Waals surface area contributed by atoms with Crippen LogP contribution in [0.3, 0.4) is 0 Å². The number of hydrogen-bond acceptors (Lipinski definition) is 21. The van der Waals surface area contributed by atoms with Crippen molar-refractivity contribution in [1.29, 1.82) is 5.26 Å². The van der Waals surface area contributed by atoms with Gasteiger partial charge in [-0.3, -0.25) is 19.4 Å². The number of piperidine rings is 1. The van der Waals surface area contributed by atoms with Crippen molar-refractivity contribution < 1.29 is 47.6 Å². The molecule has 24 nitrogen and oxygen atoms in total. The normalized spacial score (nSPS) is 22.6. The van der Waals surface area contributed by atoms with Crippen LogP contribution in [0.4, 0.5) is 32.9 Å². The Morgan fingerprint density at radius 3 is 2.04 bits per heavy atom. The van der Waals surface area contributed by atoms with Crippen molar-refractivity contribution in [2.24, 2.45) is 23.3 Å². The number of thiazole rings is 1. The van der Waals surface area contributed by atoms with Crippen LogP contribution < -0.4 is 56.2 Å². The number of nitrogens with two attached hydrogens (primary N) is 2. The van der Waals surface area contributed by atoms with Gasteiger partial charge in [0.2, 0.25) is 11.8 Å². The predicted molar refractivity (Wildman–Crippen MR) is 308 cm³/mol. The lowest BCUT2D eigenvalue weighted by atomic mass is 9.90. The number of nitriles is 1. The zero-order valence-corrected chi connectivity index (χ0v) is 48.2. The van der Waals surface area contributed by atoms with E-state index in [1.165, 1.54) is 21.6 Å². The summed E-state index contributed by atoms with van der Waals surface area (Å²) < 4.78 is 34.4. The maximum Gasteiger partial charge on any atom is 0.416 e. The molecule has 440 valence electrons. The van der Waals surface area contributed by atoms with Gasteiger partial charge in [0.25, 0.3) is 11.8 Å². The summed E-state index contributed by atoms with van der Waals surface area (Å²) in [6.45, 7) is 11.8. The first-order valence-electron chi connectivity index (χ1n) is 29.0. The SMILES string of the molecule is Cc1cnc(-c2nc(OCC3(N)CC3)c(C)c3c2CC(CNCCC2CN(c4ccc5c(n4)NC(=O)CO5)C(=O)O2)C3)s1.Cc1nc(OCC2(N)CC2)c(C#N)c2c1CC(CN1CCC3(CC1)CN(c1ccc4c(n1)NC(=O)CO4)C(=O)O3)C2. The van der Waals surface area contributed by atoms with Gasteiger partial charge in [-0.1, -0.05) is 0 Å². The molecule has 10 heterocycles.